The van der Waals surface area contributed by atoms with Gasteiger partial charge in [-0.1, -0.05) is 68.3 Å². The molecule has 0 aliphatic heterocycles. The zero-order chi connectivity index (χ0) is 25.5. The van der Waals surface area contributed by atoms with Crippen LogP contribution in [0.4, 0.5) is 5.82 Å². The third-order valence-corrected chi connectivity index (χ3v) is 8.17. The van der Waals surface area contributed by atoms with E-state index in [2.05, 4.69) is 15.6 Å². The number of nitrogens with zero attached hydrogens (tertiary/aromatic N) is 1. The lowest BCUT2D eigenvalue weighted by Crippen LogP contribution is -2.53. The highest BCUT2D eigenvalue weighted by atomic mass is 35.5. The number of nitrogens with one attached hydrogen (secondary N) is 2. The van der Waals surface area contributed by atoms with Crippen LogP contribution in [0.5, 0.6) is 0 Å². The first kappa shape index (κ1) is 26.4. The molecule has 8 heteroatoms. The van der Waals surface area contributed by atoms with Crippen LogP contribution in [0.3, 0.4) is 0 Å². The lowest BCUT2D eigenvalue weighted by atomic mass is 9.64. The van der Waals surface area contributed by atoms with Crippen LogP contribution in [0.1, 0.15) is 62.5 Å². The number of rotatable bonds is 9. The molecule has 1 heterocycles. The number of halogens is 1. The molecule has 3 unspecified atom stereocenters. The Morgan fingerprint density at radius 2 is 1.69 bits per heavy atom. The monoisotopic (exact) mass is 511 g/mol. The minimum absolute atomic E-state index is 0.184. The molecule has 0 saturated heterocycles. The molecule has 2 aliphatic carbocycles. The van der Waals surface area contributed by atoms with Gasteiger partial charge in [0.15, 0.2) is 0 Å². The molecular formula is C28H38ClN5O2. The van der Waals surface area contributed by atoms with E-state index < -0.39 is 12.1 Å². The molecule has 2 fully saturated rings. The maximum atomic E-state index is 13.3. The predicted octanol–water partition coefficient (Wildman–Crippen LogP) is 3.98. The van der Waals surface area contributed by atoms with Gasteiger partial charge in [-0.25, -0.2) is 4.98 Å². The van der Waals surface area contributed by atoms with Crippen molar-refractivity contribution in [1.82, 2.24) is 15.6 Å². The highest BCUT2D eigenvalue weighted by Gasteiger charge is 2.37. The fourth-order valence-corrected chi connectivity index (χ4v) is 6.12. The van der Waals surface area contributed by atoms with Crippen molar-refractivity contribution in [2.24, 2.45) is 23.5 Å². The third kappa shape index (κ3) is 7.20. The van der Waals surface area contributed by atoms with Crippen molar-refractivity contribution in [3.63, 3.8) is 0 Å². The number of nitrogen functional groups attached to an aromatic ring is 1. The first-order valence-corrected chi connectivity index (χ1v) is 13.6. The number of carbonyl (C=O) groups excluding carboxylic acids is 2. The van der Waals surface area contributed by atoms with Crippen molar-refractivity contribution >= 4 is 29.2 Å². The fraction of sp³-hybridized carbons (Fsp3) is 0.536. The number of nitrogens with two attached hydrogens (primary N) is 2. The zero-order valence-electron chi connectivity index (χ0n) is 20.8. The Kier molecular flexibility index (Phi) is 9.21. The van der Waals surface area contributed by atoms with E-state index in [4.69, 9.17) is 23.1 Å². The Balaban J connectivity index is 1.42. The second kappa shape index (κ2) is 12.5. The van der Waals surface area contributed by atoms with E-state index in [1.54, 1.807) is 24.4 Å². The largest absolute Gasteiger partial charge is 0.384 e. The molecule has 2 amide bonds. The van der Waals surface area contributed by atoms with Crippen LogP contribution in [-0.4, -0.2) is 28.9 Å². The second-order valence-corrected chi connectivity index (χ2v) is 10.9. The Hall–Kier alpha value is -2.64. The summed E-state index contributed by atoms with van der Waals surface area (Å²) in [5.41, 5.74) is 13.7. The summed E-state index contributed by atoms with van der Waals surface area (Å²) in [5.74, 6) is 1.77. The minimum atomic E-state index is -0.753. The number of hydrogen-bond donors (Lipinski definition) is 4. The summed E-state index contributed by atoms with van der Waals surface area (Å²) in [7, 11) is 0. The maximum Gasteiger partial charge on any atom is 0.242 e. The average molecular weight is 512 g/mol. The Bertz CT molecular complexity index is 1010. The number of aromatic nitrogens is 1. The van der Waals surface area contributed by atoms with E-state index in [0.29, 0.717) is 42.1 Å². The van der Waals surface area contributed by atoms with Gasteiger partial charge >= 0.3 is 0 Å². The van der Waals surface area contributed by atoms with Gasteiger partial charge in [-0.3, -0.25) is 9.59 Å². The second-order valence-electron chi connectivity index (χ2n) is 10.4. The Morgan fingerprint density at radius 1 is 0.972 bits per heavy atom. The standard InChI is InChI=1S/C28H38ClN5O2/c29-22-11-8-18(9-12-22)14-24(30)27(35)34-25(28(36)33-17-19-10-13-26(31)32-16-19)15-21-6-3-5-20-4-1-2-7-23(20)21/h8-13,16,20-21,23-25H,1-7,14-15,17,30H2,(H2,31,32)(H,33,36)(H,34,35)/t20?,21?,23-,24?,25+/m0/s1. The van der Waals surface area contributed by atoms with Gasteiger partial charge in [0.25, 0.3) is 0 Å². The third-order valence-electron chi connectivity index (χ3n) is 7.91. The highest BCUT2D eigenvalue weighted by molar-refractivity contribution is 6.30. The highest BCUT2D eigenvalue weighted by Crippen LogP contribution is 2.45. The van der Waals surface area contributed by atoms with Crippen LogP contribution in [0.2, 0.25) is 5.02 Å². The van der Waals surface area contributed by atoms with Crippen molar-refractivity contribution in [2.75, 3.05) is 5.73 Å². The summed E-state index contributed by atoms with van der Waals surface area (Å²) in [6, 6.07) is 9.48. The predicted molar refractivity (Wildman–Crippen MR) is 143 cm³/mol. The molecule has 4 rings (SSSR count). The van der Waals surface area contributed by atoms with Gasteiger partial charge in [-0.05, 0) is 66.3 Å². The van der Waals surface area contributed by atoms with Crippen molar-refractivity contribution < 1.29 is 9.59 Å². The minimum Gasteiger partial charge on any atom is -0.384 e. The van der Waals surface area contributed by atoms with Crippen molar-refractivity contribution in [3.8, 4) is 0 Å². The molecule has 2 saturated carbocycles. The molecule has 1 aromatic carbocycles. The van der Waals surface area contributed by atoms with Crippen LogP contribution in [-0.2, 0) is 22.6 Å². The molecule has 6 N–H and O–H groups in total. The van der Waals surface area contributed by atoms with Crippen molar-refractivity contribution in [3.05, 3.63) is 58.7 Å². The quantitative estimate of drug-likeness (QED) is 0.405. The number of carbonyl (C=O) groups is 2. The number of fused-ring (bicyclic) bond motifs is 1. The first-order chi connectivity index (χ1) is 17.4. The molecule has 0 bridgehead atoms. The fourth-order valence-electron chi connectivity index (χ4n) is 6.00. The van der Waals surface area contributed by atoms with Gasteiger partial charge in [0.1, 0.15) is 11.9 Å². The van der Waals surface area contributed by atoms with Crippen molar-refractivity contribution in [1.29, 1.82) is 0 Å². The summed E-state index contributed by atoms with van der Waals surface area (Å²) in [4.78, 5) is 30.5. The lowest BCUT2D eigenvalue weighted by molar-refractivity contribution is -0.130. The van der Waals surface area contributed by atoms with E-state index >= 15 is 0 Å². The molecule has 5 atom stereocenters. The van der Waals surface area contributed by atoms with Crippen LogP contribution in [0.25, 0.3) is 0 Å². The summed E-state index contributed by atoms with van der Waals surface area (Å²) < 4.78 is 0. The van der Waals surface area contributed by atoms with Gasteiger partial charge in [0, 0.05) is 17.8 Å². The SMILES string of the molecule is Nc1ccc(CNC(=O)[C@@H](CC2CCCC3CCCC[C@@H]32)NC(=O)C(N)Cc2ccc(Cl)cc2)cn1. The van der Waals surface area contributed by atoms with Crippen LogP contribution < -0.4 is 22.1 Å². The molecule has 2 aliphatic rings. The summed E-state index contributed by atoms with van der Waals surface area (Å²) in [6.07, 6.45) is 11.4. The van der Waals surface area contributed by atoms with E-state index in [-0.39, 0.29) is 11.8 Å². The maximum absolute atomic E-state index is 13.3. The Labute approximate surface area is 218 Å². The summed E-state index contributed by atoms with van der Waals surface area (Å²) >= 11 is 5.97. The molecule has 36 heavy (non-hydrogen) atoms. The number of anilines is 1. The lowest BCUT2D eigenvalue weighted by Gasteiger charge is -2.42. The van der Waals surface area contributed by atoms with Gasteiger partial charge < -0.3 is 22.1 Å². The zero-order valence-corrected chi connectivity index (χ0v) is 21.6. The molecule has 7 nitrogen and oxygen atoms in total. The van der Waals surface area contributed by atoms with Crippen LogP contribution in [0.15, 0.2) is 42.6 Å². The van der Waals surface area contributed by atoms with E-state index in [1.165, 1.54) is 38.5 Å². The van der Waals surface area contributed by atoms with Crippen molar-refractivity contribution in [2.45, 2.75) is 76.4 Å². The van der Waals surface area contributed by atoms with Gasteiger partial charge in [0.05, 0.1) is 6.04 Å². The van der Waals surface area contributed by atoms with Gasteiger partial charge in [-0.15, -0.1) is 0 Å². The summed E-state index contributed by atoms with van der Waals surface area (Å²) in [5, 5.41) is 6.63. The number of benzene rings is 1. The average Bonchev–Trinajstić information content (AvgIpc) is 2.89. The number of amides is 2. The van der Waals surface area contributed by atoms with E-state index in [1.807, 2.05) is 18.2 Å². The molecule has 0 radical (unpaired) electrons. The van der Waals surface area contributed by atoms with Crippen LogP contribution >= 0.6 is 11.6 Å². The molecule has 194 valence electrons. The smallest absolute Gasteiger partial charge is 0.242 e. The van der Waals surface area contributed by atoms with Gasteiger partial charge in [0.2, 0.25) is 11.8 Å². The molecule has 1 aromatic heterocycles. The van der Waals surface area contributed by atoms with Crippen LogP contribution in [0, 0.1) is 17.8 Å². The normalized spacial score (nSPS) is 23.2. The van der Waals surface area contributed by atoms with E-state index in [9.17, 15) is 9.59 Å². The summed E-state index contributed by atoms with van der Waals surface area (Å²) in [6.45, 7) is 0.325. The van der Waals surface area contributed by atoms with E-state index in [0.717, 1.165) is 23.5 Å². The Morgan fingerprint density at radius 3 is 2.44 bits per heavy atom. The number of hydrogen-bond acceptors (Lipinski definition) is 5. The number of pyridine rings is 1. The first-order valence-electron chi connectivity index (χ1n) is 13.2. The van der Waals surface area contributed by atoms with Gasteiger partial charge in [-0.2, -0.15) is 0 Å². The molecular weight excluding hydrogens is 474 g/mol. The molecule has 0 spiro atoms. The molecule has 2 aromatic rings. The topological polar surface area (TPSA) is 123 Å².